The highest BCUT2D eigenvalue weighted by molar-refractivity contribution is 7.99. The van der Waals surface area contributed by atoms with Crippen LogP contribution in [-0.2, 0) is 14.6 Å². The second kappa shape index (κ2) is 8.16. The summed E-state index contributed by atoms with van der Waals surface area (Å²) in [7, 11) is -3.05. The van der Waals surface area contributed by atoms with E-state index < -0.39 is 9.84 Å². The summed E-state index contributed by atoms with van der Waals surface area (Å²) in [6.07, 6.45) is 3.99. The van der Waals surface area contributed by atoms with Crippen LogP contribution in [0.2, 0.25) is 0 Å². The molecule has 2 fully saturated rings. The maximum Gasteiger partial charge on any atom is 0.233 e. The molecule has 0 radical (unpaired) electrons. The van der Waals surface area contributed by atoms with Gasteiger partial charge in [0.05, 0.1) is 23.5 Å². The molecule has 5 rings (SSSR count). The lowest BCUT2D eigenvalue weighted by atomic mass is 10.2. The minimum absolute atomic E-state index is 0.0447. The molecular formula is C21H22N4O4S2. The molecule has 10 heteroatoms. The highest BCUT2D eigenvalue weighted by atomic mass is 32.2. The summed E-state index contributed by atoms with van der Waals surface area (Å²) in [4.78, 5) is 14.9. The molecule has 162 valence electrons. The Morgan fingerprint density at radius 2 is 1.90 bits per heavy atom. The third-order valence-electron chi connectivity index (χ3n) is 5.54. The maximum absolute atomic E-state index is 13.1. The Bertz CT molecular complexity index is 1170. The molecule has 2 aliphatic rings. The molecule has 1 aromatic carbocycles. The number of hydrogen-bond donors (Lipinski definition) is 0. The third kappa shape index (κ3) is 4.27. The van der Waals surface area contributed by atoms with E-state index in [1.165, 1.54) is 11.8 Å². The van der Waals surface area contributed by atoms with Crippen molar-refractivity contribution < 1.29 is 17.6 Å². The average molecular weight is 459 g/mol. The van der Waals surface area contributed by atoms with Crippen molar-refractivity contribution in [1.82, 2.24) is 19.7 Å². The smallest absolute Gasteiger partial charge is 0.233 e. The van der Waals surface area contributed by atoms with Crippen molar-refractivity contribution in [2.24, 2.45) is 0 Å². The number of furan rings is 1. The summed E-state index contributed by atoms with van der Waals surface area (Å²) in [6, 6.07) is 13.2. The van der Waals surface area contributed by atoms with Crippen molar-refractivity contribution in [3.05, 3.63) is 48.7 Å². The van der Waals surface area contributed by atoms with E-state index >= 15 is 0 Å². The number of thioether (sulfide) groups is 1. The first kappa shape index (κ1) is 20.3. The van der Waals surface area contributed by atoms with E-state index in [-0.39, 0.29) is 35.2 Å². The fraction of sp³-hybridized carbons (Fsp3) is 0.381. The molecule has 1 saturated carbocycles. The van der Waals surface area contributed by atoms with Gasteiger partial charge in [0.25, 0.3) is 0 Å². The summed E-state index contributed by atoms with van der Waals surface area (Å²) in [6.45, 7) is 0. The second-order valence-corrected chi connectivity index (χ2v) is 11.0. The highest BCUT2D eigenvalue weighted by Crippen LogP contribution is 2.34. The Hall–Kier alpha value is -2.59. The van der Waals surface area contributed by atoms with E-state index in [1.54, 1.807) is 12.3 Å². The Labute approximate surface area is 184 Å². The van der Waals surface area contributed by atoms with Gasteiger partial charge in [-0.1, -0.05) is 30.0 Å². The predicted molar refractivity (Wildman–Crippen MR) is 117 cm³/mol. The molecule has 2 aromatic heterocycles. The number of sulfone groups is 1. The van der Waals surface area contributed by atoms with Gasteiger partial charge < -0.3 is 9.32 Å². The van der Waals surface area contributed by atoms with Crippen LogP contribution in [0, 0.1) is 0 Å². The topological polar surface area (TPSA) is 98.3 Å². The SMILES string of the molecule is O=C(CSc1nnc(-c2ccco2)n1-c1ccccc1)N(C1CC1)[C@@H]1CCS(=O)(=O)C1. The van der Waals surface area contributed by atoms with E-state index in [4.69, 9.17) is 4.42 Å². The summed E-state index contributed by atoms with van der Waals surface area (Å²) in [5.74, 6) is 1.52. The molecule has 31 heavy (non-hydrogen) atoms. The lowest BCUT2D eigenvalue weighted by Gasteiger charge is -2.28. The molecule has 1 atom stereocenters. The van der Waals surface area contributed by atoms with Gasteiger partial charge in [-0.05, 0) is 43.5 Å². The molecule has 1 aliphatic heterocycles. The second-order valence-electron chi connectivity index (χ2n) is 7.83. The van der Waals surface area contributed by atoms with Gasteiger partial charge in [-0.2, -0.15) is 0 Å². The number of hydrogen-bond acceptors (Lipinski definition) is 7. The predicted octanol–water partition coefficient (Wildman–Crippen LogP) is 2.80. The number of carbonyl (C=O) groups excluding carboxylic acids is 1. The van der Waals surface area contributed by atoms with Crippen LogP contribution in [0.1, 0.15) is 19.3 Å². The minimum atomic E-state index is -3.05. The number of amides is 1. The van der Waals surface area contributed by atoms with Gasteiger partial charge in [-0.3, -0.25) is 9.36 Å². The quantitative estimate of drug-likeness (QED) is 0.502. The first-order valence-electron chi connectivity index (χ1n) is 10.2. The number of aromatic nitrogens is 3. The van der Waals surface area contributed by atoms with Crippen molar-refractivity contribution >= 4 is 27.5 Å². The third-order valence-corrected chi connectivity index (χ3v) is 8.21. The van der Waals surface area contributed by atoms with Crippen LogP contribution >= 0.6 is 11.8 Å². The monoisotopic (exact) mass is 458 g/mol. The fourth-order valence-corrected chi connectivity index (χ4v) is 6.52. The van der Waals surface area contributed by atoms with Crippen LogP contribution in [0.4, 0.5) is 0 Å². The number of para-hydroxylation sites is 1. The van der Waals surface area contributed by atoms with E-state index in [9.17, 15) is 13.2 Å². The molecule has 1 amide bonds. The van der Waals surface area contributed by atoms with E-state index in [1.807, 2.05) is 45.9 Å². The average Bonchev–Trinajstić information content (AvgIpc) is 3.15. The molecule has 8 nitrogen and oxygen atoms in total. The normalized spacial score (nSPS) is 20.1. The molecule has 0 unspecified atom stereocenters. The van der Waals surface area contributed by atoms with Gasteiger partial charge in [-0.25, -0.2) is 8.42 Å². The van der Waals surface area contributed by atoms with Crippen molar-refractivity contribution in [1.29, 1.82) is 0 Å². The van der Waals surface area contributed by atoms with E-state index in [2.05, 4.69) is 10.2 Å². The minimum Gasteiger partial charge on any atom is -0.461 e. The number of rotatable bonds is 7. The summed E-state index contributed by atoms with van der Waals surface area (Å²) >= 11 is 1.31. The zero-order valence-corrected chi connectivity index (χ0v) is 18.4. The van der Waals surface area contributed by atoms with Gasteiger partial charge in [0.1, 0.15) is 0 Å². The lowest BCUT2D eigenvalue weighted by Crippen LogP contribution is -2.43. The Morgan fingerprint density at radius 3 is 2.55 bits per heavy atom. The Kier molecular flexibility index (Phi) is 5.35. The van der Waals surface area contributed by atoms with Crippen LogP contribution in [-0.4, -0.2) is 63.3 Å². The van der Waals surface area contributed by atoms with Crippen LogP contribution in [0.3, 0.4) is 0 Å². The number of carbonyl (C=O) groups is 1. The van der Waals surface area contributed by atoms with Crippen LogP contribution < -0.4 is 0 Å². The fourth-order valence-electron chi connectivity index (χ4n) is 3.99. The number of benzene rings is 1. The summed E-state index contributed by atoms with van der Waals surface area (Å²) in [5.41, 5.74) is 0.870. The van der Waals surface area contributed by atoms with Gasteiger partial charge in [-0.15, -0.1) is 10.2 Å². The largest absolute Gasteiger partial charge is 0.461 e. The van der Waals surface area contributed by atoms with Gasteiger partial charge in [0, 0.05) is 17.8 Å². The lowest BCUT2D eigenvalue weighted by molar-refractivity contribution is -0.130. The maximum atomic E-state index is 13.1. The molecule has 1 aliphatic carbocycles. The standard InChI is InChI=1S/C21H22N4O4S2/c26-19(24(16-8-9-16)17-10-12-31(27,28)14-17)13-30-21-23-22-20(18-7-4-11-29-18)25(21)15-5-2-1-3-6-15/h1-7,11,16-17H,8-10,12-14H2/t17-/m1/s1. The number of nitrogens with zero attached hydrogens (tertiary/aromatic N) is 4. The molecule has 3 heterocycles. The van der Waals surface area contributed by atoms with Gasteiger partial charge >= 0.3 is 0 Å². The molecule has 0 bridgehead atoms. The highest BCUT2D eigenvalue weighted by Gasteiger charge is 2.42. The summed E-state index contributed by atoms with van der Waals surface area (Å²) in [5, 5.41) is 9.19. The van der Waals surface area contributed by atoms with Gasteiger partial charge in [0.2, 0.25) is 11.7 Å². The van der Waals surface area contributed by atoms with Crippen LogP contribution in [0.5, 0.6) is 0 Å². The van der Waals surface area contributed by atoms with Gasteiger partial charge in [0.15, 0.2) is 20.8 Å². The molecule has 1 saturated heterocycles. The zero-order chi connectivity index (χ0) is 21.4. The van der Waals surface area contributed by atoms with E-state index in [0.717, 1.165) is 18.5 Å². The van der Waals surface area contributed by atoms with E-state index in [0.29, 0.717) is 23.2 Å². The van der Waals surface area contributed by atoms with Crippen LogP contribution in [0.25, 0.3) is 17.3 Å². The molecule has 3 aromatic rings. The molecule has 0 N–H and O–H groups in total. The summed E-state index contributed by atoms with van der Waals surface area (Å²) < 4.78 is 31.3. The molecule has 0 spiro atoms. The first-order valence-corrected chi connectivity index (χ1v) is 13.0. The Morgan fingerprint density at radius 1 is 1.10 bits per heavy atom. The first-order chi connectivity index (χ1) is 15.0. The van der Waals surface area contributed by atoms with Crippen molar-refractivity contribution in [2.45, 2.75) is 36.5 Å². The van der Waals surface area contributed by atoms with Crippen molar-refractivity contribution in [3.63, 3.8) is 0 Å². The van der Waals surface area contributed by atoms with Crippen molar-refractivity contribution in [2.75, 3.05) is 17.3 Å². The zero-order valence-electron chi connectivity index (χ0n) is 16.8. The van der Waals surface area contributed by atoms with Crippen molar-refractivity contribution in [3.8, 4) is 17.3 Å². The van der Waals surface area contributed by atoms with Crippen LogP contribution in [0.15, 0.2) is 58.3 Å². The molecular weight excluding hydrogens is 436 g/mol. The Balaban J connectivity index is 1.38.